The molecule has 27 heteroatoms. The summed E-state index contributed by atoms with van der Waals surface area (Å²) in [4.78, 5) is 144. The molecule has 0 saturated heterocycles. The Labute approximate surface area is 341 Å². The molecule has 0 aromatic heterocycles. The Kier molecular flexibility index (Phi) is 21.3. The lowest BCUT2D eigenvalue weighted by Crippen LogP contribution is -2.60. The van der Waals surface area contributed by atoms with Crippen molar-refractivity contribution in [3.63, 3.8) is 0 Å². The Morgan fingerprint density at radius 3 is 1.58 bits per heavy atom. The van der Waals surface area contributed by atoms with Crippen LogP contribution in [0, 0.1) is 0 Å². The van der Waals surface area contributed by atoms with Gasteiger partial charge in [0.05, 0.1) is 12.6 Å². The van der Waals surface area contributed by atoms with E-state index in [0.717, 1.165) is 13.0 Å². The van der Waals surface area contributed by atoms with E-state index >= 15 is 0 Å². The fourth-order valence-corrected chi connectivity index (χ4v) is 5.19. The van der Waals surface area contributed by atoms with Gasteiger partial charge in [-0.1, -0.05) is 6.08 Å². The van der Waals surface area contributed by atoms with Gasteiger partial charge in [-0.3, -0.25) is 47.7 Å². The number of phosphoric ester groups is 1. The number of rotatable bonds is 26. The second-order valence-corrected chi connectivity index (χ2v) is 14.5. The quantitative estimate of drug-likeness (QED) is 0.0363. The summed E-state index contributed by atoms with van der Waals surface area (Å²) in [7, 11) is -5.34. The van der Waals surface area contributed by atoms with Crippen molar-refractivity contribution in [2.75, 3.05) is 6.61 Å². The largest absolute Gasteiger partial charge is 0.508 e. The number of phosphoric acid groups is 1. The van der Waals surface area contributed by atoms with Crippen LogP contribution in [-0.4, -0.2) is 133 Å². The molecule has 60 heavy (non-hydrogen) atoms. The van der Waals surface area contributed by atoms with Gasteiger partial charge < -0.3 is 74.2 Å². The smallest absolute Gasteiger partial charge is 0.469 e. The topological polar surface area (TPSA) is 448 Å². The third-order valence-corrected chi connectivity index (χ3v) is 8.56. The number of nitrogens with one attached hydrogen (secondary N) is 6. The van der Waals surface area contributed by atoms with Gasteiger partial charge in [0.15, 0.2) is 0 Å². The van der Waals surface area contributed by atoms with Crippen molar-refractivity contribution in [2.45, 2.75) is 101 Å². The number of aliphatic hydroxyl groups is 1. The number of aliphatic hydroxyl groups excluding tert-OH is 1. The van der Waals surface area contributed by atoms with Gasteiger partial charge in [-0.05, 0) is 63.3 Å². The maximum atomic E-state index is 13.6. The minimum atomic E-state index is -5.34. The summed E-state index contributed by atoms with van der Waals surface area (Å²) in [6.45, 7) is 1.13. The molecule has 0 saturated carbocycles. The maximum Gasteiger partial charge on any atom is 0.469 e. The number of hydrogen-bond acceptors (Lipinski definition) is 14. The van der Waals surface area contributed by atoms with Crippen molar-refractivity contribution >= 4 is 67.0 Å². The minimum Gasteiger partial charge on any atom is -0.508 e. The van der Waals surface area contributed by atoms with Gasteiger partial charge in [0.2, 0.25) is 47.3 Å². The second kappa shape index (κ2) is 24.7. The number of amides is 8. The first-order chi connectivity index (χ1) is 27.8. The molecule has 0 fully saturated rings. The summed E-state index contributed by atoms with van der Waals surface area (Å²) in [5, 5.41) is 41.5. The van der Waals surface area contributed by atoms with Gasteiger partial charge in [0, 0.05) is 19.3 Å². The summed E-state index contributed by atoms with van der Waals surface area (Å²) in [5.74, 6) is -11.8. The normalized spacial score (nSPS) is 16.6. The van der Waals surface area contributed by atoms with Crippen LogP contribution < -0.4 is 49.1 Å². The molecule has 1 aliphatic rings. The third-order valence-electron chi connectivity index (χ3n) is 8.07. The highest BCUT2D eigenvalue weighted by atomic mass is 31.2. The molecule has 26 nitrogen and oxygen atoms in total. The zero-order valence-corrected chi connectivity index (χ0v) is 33.2. The summed E-state index contributed by atoms with van der Waals surface area (Å²) in [5.41, 5.74) is 16.2. The second-order valence-electron chi connectivity index (χ2n) is 13.2. The number of aliphatic carboxylic acids is 2. The summed E-state index contributed by atoms with van der Waals surface area (Å²) in [6.07, 6.45) is 1.93. The van der Waals surface area contributed by atoms with E-state index in [2.05, 4.69) is 36.4 Å². The fourth-order valence-electron chi connectivity index (χ4n) is 4.84. The predicted molar refractivity (Wildman–Crippen MR) is 203 cm³/mol. The van der Waals surface area contributed by atoms with Crippen LogP contribution in [0.15, 0.2) is 35.6 Å². The molecule has 7 atom stereocenters. The van der Waals surface area contributed by atoms with E-state index in [-0.39, 0.29) is 25.0 Å². The van der Waals surface area contributed by atoms with E-state index in [1.54, 1.807) is 0 Å². The van der Waals surface area contributed by atoms with E-state index < -0.39 is 142 Å². The molecule has 0 unspecified atom stereocenters. The van der Waals surface area contributed by atoms with Crippen LogP contribution in [0.4, 0.5) is 0 Å². The summed E-state index contributed by atoms with van der Waals surface area (Å²) < 4.78 is 15.9. The van der Waals surface area contributed by atoms with Crippen LogP contribution >= 0.6 is 7.82 Å². The molecule has 0 spiro atoms. The van der Waals surface area contributed by atoms with E-state index in [0.29, 0.717) is 5.57 Å². The van der Waals surface area contributed by atoms with E-state index in [1.807, 2.05) is 0 Å². The number of carbonyl (C=O) groups excluding carboxylic acids is 8. The Morgan fingerprint density at radius 2 is 1.15 bits per heavy atom. The highest BCUT2D eigenvalue weighted by Gasteiger charge is 2.34. The predicted octanol–water partition coefficient (Wildman–Crippen LogP) is -4.82. The first-order valence-electron chi connectivity index (χ1n) is 17.9. The molecule has 0 aliphatic heterocycles. The Balaban J connectivity index is 3.35. The summed E-state index contributed by atoms with van der Waals surface area (Å²) >= 11 is 0. The SMILES string of the molecule is C[C@H](N)C(=O)N[C@@H](CCC(N)=O)C(=O)N[C@@H](C)C(=O)N[C@@H](COP(=O)(O)O)C(=O)N[C@@H](CCC(N)=O)C(=O)N[C@@H](CCC(=O)O)C(=O)N[C@@H](/C=C1/C=CC(O)=CC1)C(=O)O. The van der Waals surface area contributed by atoms with Gasteiger partial charge in [0.25, 0.3) is 0 Å². The molecule has 0 aromatic rings. The third kappa shape index (κ3) is 20.5. The van der Waals surface area contributed by atoms with Crippen LogP contribution in [0.25, 0.3) is 0 Å². The average molecular weight is 876 g/mol. The van der Waals surface area contributed by atoms with Crippen LogP contribution in [-0.2, 0) is 57.0 Å². The number of carboxylic acid groups (broad SMARTS) is 2. The average Bonchev–Trinajstić information content (AvgIpc) is 3.14. The van der Waals surface area contributed by atoms with Gasteiger partial charge in [-0.2, -0.15) is 0 Å². The molecular formula is C33H50N9O17P. The molecule has 1 rings (SSSR count). The molecule has 0 aromatic carbocycles. The van der Waals surface area contributed by atoms with Crippen LogP contribution in [0.5, 0.6) is 0 Å². The van der Waals surface area contributed by atoms with Gasteiger partial charge >= 0.3 is 19.8 Å². The number of carboxylic acids is 2. The highest BCUT2D eigenvalue weighted by Crippen LogP contribution is 2.35. The molecule has 0 bridgehead atoms. The fraction of sp³-hybridized carbons (Fsp3) is 0.515. The summed E-state index contributed by atoms with van der Waals surface area (Å²) in [6, 6.07) is -11.5. The number of allylic oxidation sites excluding steroid dienone is 4. The van der Waals surface area contributed by atoms with Crippen molar-refractivity contribution in [3.8, 4) is 0 Å². The van der Waals surface area contributed by atoms with E-state index in [9.17, 15) is 77.6 Å². The number of primary amides is 2. The monoisotopic (exact) mass is 875 g/mol. The van der Waals surface area contributed by atoms with Crippen molar-refractivity contribution in [3.05, 3.63) is 35.6 Å². The Hall–Kier alpha value is -6.21. The molecular weight excluding hydrogens is 825 g/mol. The van der Waals surface area contributed by atoms with Gasteiger partial charge in [0.1, 0.15) is 42.0 Å². The standard InChI is InChI=1S/C33H50N9O17P/c1-15(34)27(48)38-19(7-10-24(35)44)29(50)37-16(2)28(49)42-23(14-59-60(56,57)58)32(53)40-20(8-11-25(36)45)30(51)39-21(9-12-26(46)47)31(52)41-22(33(54)55)13-17-3-5-18(43)6-4-17/h3,5-6,13,15-16,19-23,43H,4,7-12,14,34H2,1-2H3,(H2,35,44)(H2,36,45)(H,37,50)(H,38,48)(H,39,51)(H,40,53)(H,41,52)(H,42,49)(H,46,47)(H,54,55)(H2,56,57,58)/b17-13-/t15-,16-,19-,20-,21-,22-,23-/m0/s1. The minimum absolute atomic E-state index is 0.0871. The van der Waals surface area contributed by atoms with Crippen LogP contribution in [0.3, 0.4) is 0 Å². The zero-order chi connectivity index (χ0) is 45.9. The molecule has 1 aliphatic carbocycles. The van der Waals surface area contributed by atoms with E-state index in [1.165, 1.54) is 25.2 Å². The number of hydrogen-bond donors (Lipinski definition) is 14. The lowest BCUT2D eigenvalue weighted by molar-refractivity contribution is -0.142. The lowest BCUT2D eigenvalue weighted by Gasteiger charge is -2.26. The molecule has 0 radical (unpaired) electrons. The number of carbonyl (C=O) groups is 10. The van der Waals surface area contributed by atoms with Crippen molar-refractivity contribution in [2.24, 2.45) is 17.2 Å². The molecule has 17 N–H and O–H groups in total. The Bertz CT molecular complexity index is 1800. The lowest BCUT2D eigenvalue weighted by atomic mass is 10.0. The van der Waals surface area contributed by atoms with Crippen LogP contribution in [0.1, 0.15) is 58.8 Å². The van der Waals surface area contributed by atoms with E-state index in [4.69, 9.17) is 17.2 Å². The molecule has 334 valence electrons. The zero-order valence-electron chi connectivity index (χ0n) is 32.3. The molecule has 0 heterocycles. The van der Waals surface area contributed by atoms with Crippen molar-refractivity contribution in [1.82, 2.24) is 31.9 Å². The van der Waals surface area contributed by atoms with Crippen molar-refractivity contribution in [1.29, 1.82) is 0 Å². The first-order valence-corrected chi connectivity index (χ1v) is 19.4. The first kappa shape index (κ1) is 51.8. The highest BCUT2D eigenvalue weighted by molar-refractivity contribution is 7.46. The van der Waals surface area contributed by atoms with Crippen molar-refractivity contribution < 1.29 is 82.1 Å². The maximum absolute atomic E-state index is 13.6. The Morgan fingerprint density at radius 1 is 0.700 bits per heavy atom. The van der Waals surface area contributed by atoms with Crippen LogP contribution in [0.2, 0.25) is 0 Å². The van der Waals surface area contributed by atoms with Gasteiger partial charge in [-0.15, -0.1) is 0 Å². The number of nitrogens with two attached hydrogens (primary N) is 3. The molecule has 8 amide bonds. The van der Waals surface area contributed by atoms with Gasteiger partial charge in [-0.25, -0.2) is 9.36 Å².